The topological polar surface area (TPSA) is 150 Å². The smallest absolute Gasteiger partial charge is 0.323 e. The predicted octanol–water partition coefficient (Wildman–Crippen LogP) is -0.316. The van der Waals surface area contributed by atoms with Crippen LogP contribution in [0, 0.1) is 20.2 Å². The molecule has 116 valence electrons. The van der Waals surface area contributed by atoms with Crippen LogP contribution in [0.3, 0.4) is 0 Å². The number of hydrogen-bond acceptors (Lipinski definition) is 8. The number of rotatable bonds is 7. The minimum absolute atomic E-state index is 0.131. The molecule has 2 atom stereocenters. The highest BCUT2D eigenvalue weighted by molar-refractivity contribution is 6.01. The number of nitrogens with zero attached hydrogens (tertiary/aromatic N) is 3. The van der Waals surface area contributed by atoms with E-state index in [0.717, 1.165) is 0 Å². The zero-order chi connectivity index (χ0) is 16.2. The fourth-order valence-electron chi connectivity index (χ4n) is 1.62. The molecular weight excluding hydrogens is 290 g/mol. The van der Waals surface area contributed by atoms with Crippen molar-refractivity contribution >= 4 is 17.8 Å². The number of hydrogen-bond donors (Lipinski definition) is 0. The van der Waals surface area contributed by atoms with Crippen molar-refractivity contribution in [3.05, 3.63) is 20.2 Å². The van der Waals surface area contributed by atoms with Crippen molar-refractivity contribution in [1.82, 2.24) is 5.06 Å². The van der Waals surface area contributed by atoms with Crippen LogP contribution in [0.25, 0.3) is 0 Å². The van der Waals surface area contributed by atoms with Gasteiger partial charge in [0.05, 0.1) is 0 Å². The minimum atomic E-state index is -1.87. The SMILES string of the molecule is CC(CCC(C(=O)ON1C(=O)CCC1=O)[N+](=O)[O-])[N+](=O)[O-]. The standard InChI is InChI=1S/C10H13N3O8/c1-6(12(17)18)2-3-7(13(19)20)10(16)21-11-8(14)4-5-9(11)15/h6-7H,2-5H2,1H3. The fourth-order valence-corrected chi connectivity index (χ4v) is 1.62. The first-order valence-electron chi connectivity index (χ1n) is 6.08. The molecule has 0 saturated carbocycles. The summed E-state index contributed by atoms with van der Waals surface area (Å²) in [7, 11) is 0. The third kappa shape index (κ3) is 4.19. The summed E-state index contributed by atoms with van der Waals surface area (Å²) in [6.45, 7) is 1.25. The number of amides is 2. The van der Waals surface area contributed by atoms with Crippen molar-refractivity contribution in [2.45, 2.75) is 44.7 Å². The molecule has 1 heterocycles. The van der Waals surface area contributed by atoms with Gasteiger partial charge < -0.3 is 4.84 Å². The summed E-state index contributed by atoms with van der Waals surface area (Å²) in [5.74, 6) is -2.90. The van der Waals surface area contributed by atoms with E-state index in [0.29, 0.717) is 0 Å². The van der Waals surface area contributed by atoms with E-state index in [9.17, 15) is 34.6 Å². The molecule has 0 radical (unpaired) electrons. The van der Waals surface area contributed by atoms with E-state index in [1.807, 2.05) is 0 Å². The van der Waals surface area contributed by atoms with Crippen LogP contribution < -0.4 is 0 Å². The highest BCUT2D eigenvalue weighted by atomic mass is 16.7. The third-order valence-electron chi connectivity index (χ3n) is 2.93. The summed E-state index contributed by atoms with van der Waals surface area (Å²) in [6.07, 6.45) is -0.902. The Morgan fingerprint density at radius 2 is 1.71 bits per heavy atom. The van der Waals surface area contributed by atoms with Crippen LogP contribution in [0.1, 0.15) is 32.6 Å². The van der Waals surface area contributed by atoms with E-state index in [1.54, 1.807) is 0 Å². The van der Waals surface area contributed by atoms with Crippen molar-refractivity contribution in [1.29, 1.82) is 0 Å². The van der Waals surface area contributed by atoms with Crippen molar-refractivity contribution in [2.75, 3.05) is 0 Å². The van der Waals surface area contributed by atoms with Gasteiger partial charge in [0, 0.05) is 42.5 Å². The molecule has 1 fully saturated rings. The molecule has 1 aliphatic heterocycles. The Balaban J connectivity index is 2.65. The molecule has 0 aromatic rings. The van der Waals surface area contributed by atoms with Crippen LogP contribution in [-0.2, 0) is 19.2 Å². The highest BCUT2D eigenvalue weighted by Crippen LogP contribution is 2.15. The summed E-state index contributed by atoms with van der Waals surface area (Å²) in [5.41, 5.74) is 0. The molecule has 21 heavy (non-hydrogen) atoms. The Morgan fingerprint density at radius 1 is 1.19 bits per heavy atom. The molecule has 2 amide bonds. The van der Waals surface area contributed by atoms with Gasteiger partial charge in [-0.2, -0.15) is 0 Å². The lowest BCUT2D eigenvalue weighted by atomic mass is 10.1. The quantitative estimate of drug-likeness (QED) is 0.353. The Bertz CT molecular complexity index is 475. The van der Waals surface area contributed by atoms with Gasteiger partial charge in [0.15, 0.2) is 0 Å². The van der Waals surface area contributed by atoms with E-state index in [1.165, 1.54) is 6.92 Å². The fraction of sp³-hybridized carbons (Fsp3) is 0.700. The van der Waals surface area contributed by atoms with Crippen molar-refractivity contribution in [3.8, 4) is 0 Å². The molecule has 11 nitrogen and oxygen atoms in total. The molecule has 0 aliphatic carbocycles. The van der Waals surface area contributed by atoms with Crippen LogP contribution in [0.4, 0.5) is 0 Å². The zero-order valence-corrected chi connectivity index (χ0v) is 11.1. The molecule has 1 aliphatic rings. The lowest BCUT2D eigenvalue weighted by Gasteiger charge is -2.14. The first-order valence-corrected chi connectivity index (χ1v) is 6.08. The zero-order valence-electron chi connectivity index (χ0n) is 11.1. The van der Waals surface area contributed by atoms with Crippen LogP contribution in [-0.4, -0.2) is 44.8 Å². The number of nitro groups is 2. The molecule has 0 bridgehead atoms. The maximum absolute atomic E-state index is 11.6. The Labute approximate surface area is 118 Å². The number of hydroxylamine groups is 2. The maximum Gasteiger partial charge on any atom is 0.406 e. The summed E-state index contributed by atoms with van der Waals surface area (Å²) in [4.78, 5) is 58.2. The van der Waals surface area contributed by atoms with Gasteiger partial charge in [-0.25, -0.2) is 4.79 Å². The van der Waals surface area contributed by atoms with Crippen molar-refractivity contribution in [2.24, 2.45) is 0 Å². The highest BCUT2D eigenvalue weighted by Gasteiger charge is 2.39. The van der Waals surface area contributed by atoms with E-state index >= 15 is 0 Å². The van der Waals surface area contributed by atoms with Gasteiger partial charge in [-0.3, -0.25) is 29.8 Å². The van der Waals surface area contributed by atoms with Crippen molar-refractivity contribution < 1.29 is 29.1 Å². The summed E-state index contributed by atoms with van der Waals surface area (Å²) in [5, 5.41) is 21.4. The molecular formula is C10H13N3O8. The van der Waals surface area contributed by atoms with Gasteiger partial charge in [0.25, 0.3) is 11.8 Å². The molecule has 11 heteroatoms. The lowest BCUT2D eigenvalue weighted by molar-refractivity contribution is -0.530. The van der Waals surface area contributed by atoms with E-state index in [4.69, 9.17) is 0 Å². The van der Waals surface area contributed by atoms with Gasteiger partial charge in [-0.15, -0.1) is 5.06 Å². The molecule has 0 N–H and O–H groups in total. The van der Waals surface area contributed by atoms with Crippen LogP contribution >= 0.6 is 0 Å². The average Bonchev–Trinajstić information content (AvgIpc) is 2.70. The van der Waals surface area contributed by atoms with Gasteiger partial charge in [0.1, 0.15) is 0 Å². The summed E-state index contributed by atoms with van der Waals surface area (Å²) >= 11 is 0. The largest absolute Gasteiger partial charge is 0.406 e. The minimum Gasteiger partial charge on any atom is -0.323 e. The molecule has 2 unspecified atom stereocenters. The first kappa shape index (κ1) is 16.5. The molecule has 1 saturated heterocycles. The molecule has 0 aromatic carbocycles. The van der Waals surface area contributed by atoms with Gasteiger partial charge >= 0.3 is 12.0 Å². The van der Waals surface area contributed by atoms with Gasteiger partial charge in [0.2, 0.25) is 6.04 Å². The first-order chi connectivity index (χ1) is 9.73. The van der Waals surface area contributed by atoms with Crippen LogP contribution in [0.15, 0.2) is 0 Å². The monoisotopic (exact) mass is 303 g/mol. The van der Waals surface area contributed by atoms with E-state index in [-0.39, 0.29) is 24.3 Å². The molecule has 0 aromatic heterocycles. The Morgan fingerprint density at radius 3 is 2.14 bits per heavy atom. The second-order valence-corrected chi connectivity index (χ2v) is 4.51. The van der Waals surface area contributed by atoms with Gasteiger partial charge in [-0.05, 0) is 0 Å². The second-order valence-electron chi connectivity index (χ2n) is 4.51. The number of carbonyl (C=O) groups is 3. The second kappa shape index (κ2) is 6.72. The van der Waals surface area contributed by atoms with Crippen LogP contribution in [0.5, 0.6) is 0 Å². The number of imide groups is 1. The Kier molecular flexibility index (Phi) is 5.27. The van der Waals surface area contributed by atoms with Crippen molar-refractivity contribution in [3.63, 3.8) is 0 Å². The summed E-state index contributed by atoms with van der Waals surface area (Å²) in [6, 6.07) is -2.93. The maximum atomic E-state index is 11.6. The van der Waals surface area contributed by atoms with E-state index < -0.39 is 46.1 Å². The normalized spacial score (nSPS) is 17.5. The van der Waals surface area contributed by atoms with Crippen LogP contribution in [0.2, 0.25) is 0 Å². The van der Waals surface area contributed by atoms with E-state index in [2.05, 4.69) is 4.84 Å². The molecule has 1 rings (SSSR count). The molecule has 0 spiro atoms. The van der Waals surface area contributed by atoms with Gasteiger partial charge in [-0.1, -0.05) is 0 Å². The Hall–Kier alpha value is -2.59. The lowest BCUT2D eigenvalue weighted by Crippen LogP contribution is -2.40. The predicted molar refractivity (Wildman–Crippen MR) is 63.7 cm³/mol. The third-order valence-corrected chi connectivity index (χ3v) is 2.93. The summed E-state index contributed by atoms with van der Waals surface area (Å²) < 4.78 is 0. The average molecular weight is 303 g/mol. The number of carbonyl (C=O) groups excluding carboxylic acids is 3.